The molecule has 0 aromatic heterocycles. The van der Waals surface area contributed by atoms with Crippen molar-refractivity contribution in [2.45, 2.75) is 19.9 Å². The van der Waals surface area contributed by atoms with E-state index in [1.807, 2.05) is 19.9 Å². The lowest BCUT2D eigenvalue weighted by atomic mass is 10.1. The molecule has 6 nitrogen and oxygen atoms in total. The molecular formula is C12H17N5O. The van der Waals surface area contributed by atoms with Crippen molar-refractivity contribution in [3.63, 3.8) is 0 Å². The summed E-state index contributed by atoms with van der Waals surface area (Å²) in [6, 6.07) is 7.23. The highest BCUT2D eigenvalue weighted by Gasteiger charge is 2.07. The molecule has 0 amide bonds. The average molecular weight is 247 g/mol. The molecule has 0 spiro atoms. The van der Waals surface area contributed by atoms with E-state index in [0.717, 1.165) is 6.34 Å². The predicted octanol–water partition coefficient (Wildman–Crippen LogP) is 1.04. The molecule has 1 aromatic rings. The van der Waals surface area contributed by atoms with Gasteiger partial charge in [0.15, 0.2) is 0 Å². The van der Waals surface area contributed by atoms with Gasteiger partial charge >= 0.3 is 0 Å². The van der Waals surface area contributed by atoms with Crippen molar-refractivity contribution in [1.82, 2.24) is 0 Å². The summed E-state index contributed by atoms with van der Waals surface area (Å²) in [5, 5.41) is 6.89. The van der Waals surface area contributed by atoms with E-state index in [1.165, 1.54) is 0 Å². The van der Waals surface area contributed by atoms with Gasteiger partial charge in [-0.25, -0.2) is 9.98 Å². The second-order valence-electron chi connectivity index (χ2n) is 3.87. The molecule has 1 aromatic carbocycles. The molecule has 0 unspecified atom stereocenters. The number of aliphatic imine (C=N–C) groups is 2. The first-order valence-electron chi connectivity index (χ1n) is 5.46. The summed E-state index contributed by atoms with van der Waals surface area (Å²) in [4.78, 5) is 12.7. The molecule has 1 rings (SSSR count). The second-order valence-corrected chi connectivity index (χ2v) is 3.87. The number of nitrogens with two attached hydrogens (primary N) is 2. The highest BCUT2D eigenvalue weighted by Crippen LogP contribution is 2.08. The molecule has 0 saturated heterocycles. The van der Waals surface area contributed by atoms with Gasteiger partial charge in [-0.3, -0.25) is 5.41 Å². The van der Waals surface area contributed by atoms with Crippen LogP contribution in [0.25, 0.3) is 0 Å². The molecule has 0 aliphatic rings. The zero-order chi connectivity index (χ0) is 13.5. The van der Waals surface area contributed by atoms with Crippen LogP contribution in [0.3, 0.4) is 0 Å². The van der Waals surface area contributed by atoms with Gasteiger partial charge in [-0.05, 0) is 26.0 Å². The number of nitrogens with one attached hydrogen (secondary N) is 1. The van der Waals surface area contributed by atoms with Gasteiger partial charge in [-0.15, -0.1) is 0 Å². The maximum atomic E-state index is 6.89. The molecule has 5 N–H and O–H groups in total. The summed E-state index contributed by atoms with van der Waals surface area (Å²) in [5.74, 6) is 5.81. The van der Waals surface area contributed by atoms with Gasteiger partial charge in [0.2, 0.25) is 5.90 Å². The number of rotatable bonds is 4. The molecule has 0 aliphatic heterocycles. The van der Waals surface area contributed by atoms with Crippen LogP contribution in [0.2, 0.25) is 0 Å². The van der Waals surface area contributed by atoms with E-state index in [0.29, 0.717) is 17.0 Å². The minimum absolute atomic E-state index is 0.0693. The maximum absolute atomic E-state index is 6.89. The molecule has 0 radical (unpaired) electrons. The lowest BCUT2D eigenvalue weighted by Crippen LogP contribution is -2.17. The zero-order valence-corrected chi connectivity index (χ0v) is 10.4. The van der Waals surface area contributed by atoms with Crippen LogP contribution in [0.1, 0.15) is 25.0 Å². The van der Waals surface area contributed by atoms with Crippen LogP contribution in [0.15, 0.2) is 34.3 Å². The monoisotopic (exact) mass is 247 g/mol. The first-order chi connectivity index (χ1) is 8.58. The summed E-state index contributed by atoms with van der Waals surface area (Å²) in [6.07, 6.45) is 0.893. The topological polar surface area (TPSA) is 110 Å². The molecule has 0 bridgehead atoms. The predicted molar refractivity (Wildman–Crippen MR) is 72.9 cm³/mol. The average Bonchev–Trinajstić information content (AvgIpc) is 2.36. The Morgan fingerprint density at radius 3 is 2.61 bits per heavy atom. The summed E-state index contributed by atoms with van der Waals surface area (Å²) in [6.45, 7) is 3.85. The number of nitrogens with zero attached hydrogens (tertiary/aromatic N) is 2. The van der Waals surface area contributed by atoms with Gasteiger partial charge in [0.25, 0.3) is 0 Å². The molecule has 0 heterocycles. The minimum Gasteiger partial charge on any atom is -0.391 e. The Bertz CT molecular complexity index is 479. The normalized spacial score (nSPS) is 12.7. The Hall–Kier alpha value is -2.21. The third-order valence-electron chi connectivity index (χ3n) is 2.10. The molecule has 0 atom stereocenters. The molecule has 18 heavy (non-hydrogen) atoms. The molecule has 0 aliphatic carbocycles. The number of hydrogen-bond donors (Lipinski definition) is 3. The number of amidine groups is 1. The first-order valence-corrected chi connectivity index (χ1v) is 5.46. The fourth-order valence-corrected chi connectivity index (χ4v) is 1.36. The van der Waals surface area contributed by atoms with E-state index in [1.54, 1.807) is 18.2 Å². The second kappa shape index (κ2) is 6.51. The van der Waals surface area contributed by atoms with Gasteiger partial charge < -0.3 is 10.6 Å². The van der Waals surface area contributed by atoms with E-state index in [2.05, 4.69) is 9.98 Å². The maximum Gasteiger partial charge on any atom is 0.240 e. The van der Waals surface area contributed by atoms with Crippen molar-refractivity contribution in [1.29, 1.82) is 5.41 Å². The highest BCUT2D eigenvalue weighted by molar-refractivity contribution is 6.03. The van der Waals surface area contributed by atoms with Crippen molar-refractivity contribution in [3.05, 3.63) is 35.4 Å². The van der Waals surface area contributed by atoms with Crippen LogP contribution in [0.5, 0.6) is 0 Å². The Labute approximate surface area is 106 Å². The van der Waals surface area contributed by atoms with E-state index < -0.39 is 0 Å². The Balaban J connectivity index is 3.15. The van der Waals surface area contributed by atoms with Crippen molar-refractivity contribution < 1.29 is 4.84 Å². The fourth-order valence-electron chi connectivity index (χ4n) is 1.36. The minimum atomic E-state index is 0.0693. The van der Waals surface area contributed by atoms with Crippen LogP contribution in [0, 0.1) is 5.41 Å². The molecule has 0 saturated carbocycles. The van der Waals surface area contributed by atoms with Gasteiger partial charge in [-0.1, -0.05) is 12.1 Å². The number of benzene rings is 1. The van der Waals surface area contributed by atoms with Crippen molar-refractivity contribution in [2.24, 2.45) is 21.6 Å². The fraction of sp³-hybridized carbons (Fsp3) is 0.250. The van der Waals surface area contributed by atoms with Gasteiger partial charge in [0.05, 0.1) is 0 Å². The molecule has 0 fully saturated rings. The van der Waals surface area contributed by atoms with E-state index >= 15 is 0 Å². The van der Waals surface area contributed by atoms with Crippen molar-refractivity contribution >= 4 is 18.1 Å². The summed E-state index contributed by atoms with van der Waals surface area (Å²) in [5.41, 5.74) is 7.10. The lowest BCUT2D eigenvalue weighted by Gasteiger charge is -2.07. The van der Waals surface area contributed by atoms with Crippen LogP contribution in [-0.2, 0) is 4.84 Å². The Kier molecular flexibility index (Phi) is 5.01. The van der Waals surface area contributed by atoms with E-state index in [4.69, 9.17) is 21.9 Å². The number of hydrogen-bond acceptors (Lipinski definition) is 4. The molecular weight excluding hydrogens is 230 g/mol. The van der Waals surface area contributed by atoms with Crippen LogP contribution < -0.4 is 11.6 Å². The Morgan fingerprint density at radius 1 is 1.39 bits per heavy atom. The quantitative estimate of drug-likeness (QED) is 0.420. The van der Waals surface area contributed by atoms with Gasteiger partial charge in [0, 0.05) is 17.2 Å². The van der Waals surface area contributed by atoms with Crippen molar-refractivity contribution in [2.75, 3.05) is 0 Å². The third kappa shape index (κ3) is 3.67. The third-order valence-corrected chi connectivity index (χ3v) is 2.10. The smallest absolute Gasteiger partial charge is 0.240 e. The lowest BCUT2D eigenvalue weighted by molar-refractivity contribution is 0.319. The summed E-state index contributed by atoms with van der Waals surface area (Å²) in [7, 11) is 0. The first kappa shape index (κ1) is 13.9. The van der Waals surface area contributed by atoms with Crippen LogP contribution in [-0.4, -0.2) is 24.1 Å². The van der Waals surface area contributed by atoms with Crippen LogP contribution >= 0.6 is 0 Å². The van der Waals surface area contributed by atoms with Crippen molar-refractivity contribution in [3.8, 4) is 0 Å². The summed E-state index contributed by atoms with van der Waals surface area (Å²) >= 11 is 0. The molecule has 96 valence electrons. The van der Waals surface area contributed by atoms with Crippen LogP contribution in [0.4, 0.5) is 0 Å². The highest BCUT2D eigenvalue weighted by atomic mass is 16.6. The van der Waals surface area contributed by atoms with E-state index in [9.17, 15) is 0 Å². The van der Waals surface area contributed by atoms with E-state index in [-0.39, 0.29) is 11.9 Å². The summed E-state index contributed by atoms with van der Waals surface area (Å²) < 4.78 is 0. The largest absolute Gasteiger partial charge is 0.391 e. The molecule has 6 heteroatoms. The zero-order valence-electron chi connectivity index (χ0n) is 10.4. The van der Waals surface area contributed by atoms with Gasteiger partial charge in [0.1, 0.15) is 12.2 Å². The SMILES string of the molecule is CC(C)N=C(ON)c1cccc(C(N)=NC=N)c1. The standard InChI is InChI=1S/C12H17N5O/c1-8(2)17-12(18-15)10-5-3-4-9(6-10)11(14)16-7-13/h3-8H,15H2,1-2H3,(H3,13,14,16). The Morgan fingerprint density at radius 2 is 2.06 bits per heavy atom. The van der Waals surface area contributed by atoms with Gasteiger partial charge in [-0.2, -0.15) is 5.90 Å².